The van der Waals surface area contributed by atoms with Gasteiger partial charge in [0.05, 0.1) is 12.8 Å². The van der Waals surface area contributed by atoms with E-state index in [1.807, 2.05) is 13.0 Å². The molecule has 1 aliphatic heterocycles. The molecule has 1 fully saturated rings. The molecule has 0 saturated carbocycles. The zero-order valence-electron chi connectivity index (χ0n) is 13.7. The normalized spacial score (nSPS) is 20.4. The molecule has 4 amide bonds. The second kappa shape index (κ2) is 6.28. The van der Waals surface area contributed by atoms with Crippen LogP contribution < -0.4 is 15.4 Å². The molecule has 0 aliphatic carbocycles. The number of ether oxygens (including phenoxy) is 1. The third-order valence-electron chi connectivity index (χ3n) is 3.98. The van der Waals surface area contributed by atoms with Gasteiger partial charge < -0.3 is 15.4 Å². The van der Waals surface area contributed by atoms with Gasteiger partial charge in [-0.2, -0.15) is 0 Å². The Bertz CT molecular complexity index is 659. The molecule has 0 aromatic heterocycles. The number of nitrogens with zero attached hydrogens (tertiary/aromatic N) is 1. The lowest BCUT2D eigenvalue weighted by Crippen LogP contribution is -2.44. The summed E-state index contributed by atoms with van der Waals surface area (Å²) >= 11 is 0. The third kappa shape index (κ3) is 3.28. The maximum Gasteiger partial charge on any atom is 0.325 e. The van der Waals surface area contributed by atoms with Crippen molar-refractivity contribution >= 4 is 23.5 Å². The van der Waals surface area contributed by atoms with Gasteiger partial charge in [0.25, 0.3) is 5.91 Å². The van der Waals surface area contributed by atoms with Crippen LogP contribution in [0.1, 0.15) is 25.8 Å². The molecule has 2 rings (SSSR count). The quantitative estimate of drug-likeness (QED) is 0.808. The average Bonchev–Trinajstić information content (AvgIpc) is 2.71. The van der Waals surface area contributed by atoms with Gasteiger partial charge in [0, 0.05) is 0 Å². The van der Waals surface area contributed by atoms with Crippen LogP contribution >= 0.6 is 0 Å². The summed E-state index contributed by atoms with van der Waals surface area (Å²) < 4.78 is 5.19. The van der Waals surface area contributed by atoms with Gasteiger partial charge in [-0.1, -0.05) is 13.0 Å². The third-order valence-corrected chi connectivity index (χ3v) is 3.98. The van der Waals surface area contributed by atoms with Gasteiger partial charge in [0.1, 0.15) is 17.8 Å². The number of urea groups is 1. The summed E-state index contributed by atoms with van der Waals surface area (Å²) in [6.45, 7) is 5.00. The van der Waals surface area contributed by atoms with Crippen LogP contribution in [-0.4, -0.2) is 41.9 Å². The standard InChI is InChI=1S/C16H21N3O4/c1-5-16(3)14(21)19(15(22)18-16)9-13(20)17-11-8-10(2)6-7-12(11)23-4/h6-8H,5,9H2,1-4H3,(H,17,20)(H,18,22)/t16-/m0/s1. The molecule has 1 aromatic carbocycles. The number of hydrogen-bond acceptors (Lipinski definition) is 4. The minimum absolute atomic E-state index is 0.336. The molecule has 7 nitrogen and oxygen atoms in total. The van der Waals surface area contributed by atoms with E-state index in [-0.39, 0.29) is 6.54 Å². The number of carbonyl (C=O) groups is 3. The molecule has 124 valence electrons. The van der Waals surface area contributed by atoms with E-state index >= 15 is 0 Å². The summed E-state index contributed by atoms with van der Waals surface area (Å²) in [5.74, 6) is -0.339. The van der Waals surface area contributed by atoms with Crippen LogP contribution in [0.15, 0.2) is 18.2 Å². The van der Waals surface area contributed by atoms with Crippen molar-refractivity contribution in [1.82, 2.24) is 10.2 Å². The number of nitrogens with one attached hydrogen (secondary N) is 2. The Morgan fingerprint density at radius 2 is 2.09 bits per heavy atom. The van der Waals surface area contributed by atoms with Crippen molar-refractivity contribution in [2.24, 2.45) is 0 Å². The number of rotatable bonds is 5. The predicted octanol–water partition coefficient (Wildman–Crippen LogP) is 1.66. The first kappa shape index (κ1) is 16.8. The SMILES string of the molecule is CC[C@]1(C)NC(=O)N(CC(=O)Nc2cc(C)ccc2OC)C1=O. The van der Waals surface area contributed by atoms with E-state index in [1.54, 1.807) is 26.0 Å². The number of hydrogen-bond donors (Lipinski definition) is 2. The lowest BCUT2D eigenvalue weighted by atomic mass is 9.99. The summed E-state index contributed by atoms with van der Waals surface area (Å²) in [6.07, 6.45) is 0.460. The molecule has 0 bridgehead atoms. The second-order valence-corrected chi connectivity index (χ2v) is 5.76. The van der Waals surface area contributed by atoms with E-state index in [9.17, 15) is 14.4 Å². The predicted molar refractivity (Wildman–Crippen MR) is 85.3 cm³/mol. The topological polar surface area (TPSA) is 87.7 Å². The van der Waals surface area contributed by atoms with Crippen molar-refractivity contribution in [3.8, 4) is 5.75 Å². The number of methoxy groups -OCH3 is 1. The second-order valence-electron chi connectivity index (χ2n) is 5.76. The van der Waals surface area contributed by atoms with E-state index in [0.29, 0.717) is 17.9 Å². The Hall–Kier alpha value is -2.57. The molecule has 23 heavy (non-hydrogen) atoms. The fourth-order valence-corrected chi connectivity index (χ4v) is 2.38. The first-order chi connectivity index (χ1) is 10.8. The smallest absolute Gasteiger partial charge is 0.325 e. The number of carbonyl (C=O) groups excluding carboxylic acids is 3. The fourth-order valence-electron chi connectivity index (χ4n) is 2.38. The molecule has 0 spiro atoms. The van der Waals surface area contributed by atoms with Crippen molar-refractivity contribution in [3.63, 3.8) is 0 Å². The lowest BCUT2D eigenvalue weighted by molar-refractivity contribution is -0.133. The summed E-state index contributed by atoms with van der Waals surface area (Å²) in [7, 11) is 1.50. The van der Waals surface area contributed by atoms with Gasteiger partial charge in [-0.25, -0.2) is 4.79 Å². The average molecular weight is 319 g/mol. The highest BCUT2D eigenvalue weighted by atomic mass is 16.5. The highest BCUT2D eigenvalue weighted by Crippen LogP contribution is 2.25. The van der Waals surface area contributed by atoms with E-state index < -0.39 is 23.4 Å². The Kier molecular flexibility index (Phi) is 4.58. The number of amides is 4. The molecule has 1 aromatic rings. The molecule has 0 unspecified atom stereocenters. The summed E-state index contributed by atoms with van der Waals surface area (Å²) in [6, 6.07) is 4.82. The van der Waals surface area contributed by atoms with Crippen LogP contribution in [0.3, 0.4) is 0 Å². The number of imide groups is 1. The van der Waals surface area contributed by atoms with Crippen LogP contribution in [-0.2, 0) is 9.59 Å². The summed E-state index contributed by atoms with van der Waals surface area (Å²) in [5.41, 5.74) is 0.510. The minimum Gasteiger partial charge on any atom is -0.495 e. The first-order valence-corrected chi connectivity index (χ1v) is 7.39. The van der Waals surface area contributed by atoms with Gasteiger partial charge in [-0.05, 0) is 38.0 Å². The first-order valence-electron chi connectivity index (χ1n) is 7.39. The lowest BCUT2D eigenvalue weighted by Gasteiger charge is -2.19. The van der Waals surface area contributed by atoms with Gasteiger partial charge in [-0.3, -0.25) is 14.5 Å². The van der Waals surface area contributed by atoms with E-state index in [0.717, 1.165) is 10.5 Å². The highest BCUT2D eigenvalue weighted by Gasteiger charge is 2.46. The largest absolute Gasteiger partial charge is 0.495 e. The molecule has 2 N–H and O–H groups in total. The maximum absolute atomic E-state index is 12.3. The van der Waals surface area contributed by atoms with Gasteiger partial charge in [0.15, 0.2) is 0 Å². The molecule has 1 aliphatic rings. The minimum atomic E-state index is -0.946. The van der Waals surface area contributed by atoms with Crippen LogP contribution in [0.2, 0.25) is 0 Å². The number of anilines is 1. The highest BCUT2D eigenvalue weighted by molar-refractivity contribution is 6.10. The van der Waals surface area contributed by atoms with Crippen LogP contribution in [0, 0.1) is 6.92 Å². The van der Waals surface area contributed by atoms with E-state index in [4.69, 9.17) is 4.74 Å². The molecule has 0 radical (unpaired) electrons. The Morgan fingerprint density at radius 1 is 1.39 bits per heavy atom. The zero-order chi connectivity index (χ0) is 17.2. The zero-order valence-corrected chi connectivity index (χ0v) is 13.7. The fraction of sp³-hybridized carbons (Fsp3) is 0.438. The Labute approximate surface area is 135 Å². The van der Waals surface area contributed by atoms with E-state index in [2.05, 4.69) is 10.6 Å². The number of benzene rings is 1. The van der Waals surface area contributed by atoms with Crippen molar-refractivity contribution in [2.75, 3.05) is 19.0 Å². The van der Waals surface area contributed by atoms with E-state index in [1.165, 1.54) is 7.11 Å². The van der Waals surface area contributed by atoms with Gasteiger partial charge >= 0.3 is 6.03 Å². The van der Waals surface area contributed by atoms with Crippen LogP contribution in [0.5, 0.6) is 5.75 Å². The van der Waals surface area contributed by atoms with Crippen molar-refractivity contribution in [3.05, 3.63) is 23.8 Å². The van der Waals surface area contributed by atoms with Crippen molar-refractivity contribution in [1.29, 1.82) is 0 Å². The Balaban J connectivity index is 2.10. The van der Waals surface area contributed by atoms with Crippen LogP contribution in [0.25, 0.3) is 0 Å². The number of aryl methyl sites for hydroxylation is 1. The van der Waals surface area contributed by atoms with Gasteiger partial charge in [0.2, 0.25) is 5.91 Å². The molecular weight excluding hydrogens is 298 g/mol. The van der Waals surface area contributed by atoms with Gasteiger partial charge in [-0.15, -0.1) is 0 Å². The summed E-state index contributed by atoms with van der Waals surface area (Å²) in [4.78, 5) is 37.3. The van der Waals surface area contributed by atoms with Crippen molar-refractivity contribution in [2.45, 2.75) is 32.7 Å². The molecular formula is C16H21N3O4. The molecule has 1 heterocycles. The monoisotopic (exact) mass is 319 g/mol. The Morgan fingerprint density at radius 3 is 2.65 bits per heavy atom. The van der Waals surface area contributed by atoms with Crippen molar-refractivity contribution < 1.29 is 19.1 Å². The molecule has 1 saturated heterocycles. The summed E-state index contributed by atoms with van der Waals surface area (Å²) in [5, 5.41) is 5.29. The molecule has 7 heteroatoms. The maximum atomic E-state index is 12.3. The molecule has 1 atom stereocenters. The van der Waals surface area contributed by atoms with Crippen LogP contribution in [0.4, 0.5) is 10.5 Å².